The van der Waals surface area contributed by atoms with Crippen molar-refractivity contribution in [3.63, 3.8) is 0 Å². The minimum Gasteiger partial charge on any atom is -0.345 e. The number of nitro benzene ring substituents is 1. The molecule has 1 saturated heterocycles. The summed E-state index contributed by atoms with van der Waals surface area (Å²) in [6.07, 6.45) is 0.291. The third-order valence-electron chi connectivity index (χ3n) is 5.04. The van der Waals surface area contributed by atoms with E-state index in [4.69, 9.17) is 0 Å². The number of halogens is 2. The van der Waals surface area contributed by atoms with Crippen molar-refractivity contribution in [2.45, 2.75) is 11.3 Å². The number of nitro groups is 1. The Bertz CT molecular complexity index is 1220. The average Bonchev–Trinajstić information content (AvgIpc) is 3.21. The van der Waals surface area contributed by atoms with Gasteiger partial charge in [-0.3, -0.25) is 10.1 Å². The van der Waals surface area contributed by atoms with Crippen LogP contribution in [0.3, 0.4) is 0 Å². The predicted molar refractivity (Wildman–Crippen MR) is 115 cm³/mol. The Morgan fingerprint density at radius 2 is 1.66 bits per heavy atom. The molecule has 0 spiro atoms. The van der Waals surface area contributed by atoms with Gasteiger partial charge in [-0.2, -0.15) is 4.31 Å². The van der Waals surface area contributed by atoms with E-state index in [9.17, 15) is 27.3 Å². The second-order valence-corrected chi connectivity index (χ2v) is 9.99. The molecule has 0 amide bonds. The van der Waals surface area contributed by atoms with Crippen LogP contribution >= 0.6 is 11.3 Å². The van der Waals surface area contributed by atoms with Crippen LogP contribution in [0.2, 0.25) is 0 Å². The molecule has 12 heteroatoms. The van der Waals surface area contributed by atoms with Crippen molar-refractivity contribution >= 4 is 32.2 Å². The summed E-state index contributed by atoms with van der Waals surface area (Å²) in [6, 6.07) is 8.17. The highest BCUT2D eigenvalue weighted by Crippen LogP contribution is 2.26. The number of benzene rings is 2. The Hall–Kier alpha value is -2.96. The van der Waals surface area contributed by atoms with Gasteiger partial charge in [-0.05, 0) is 29.8 Å². The number of aromatic nitrogens is 1. The molecule has 0 saturated carbocycles. The normalized spacial score (nSPS) is 15.1. The van der Waals surface area contributed by atoms with Crippen LogP contribution in [0.15, 0.2) is 52.7 Å². The molecule has 0 bridgehead atoms. The number of piperazine rings is 1. The van der Waals surface area contributed by atoms with Crippen molar-refractivity contribution in [3.05, 3.63) is 80.9 Å². The van der Waals surface area contributed by atoms with Crippen LogP contribution < -0.4 is 4.90 Å². The highest BCUT2D eigenvalue weighted by molar-refractivity contribution is 7.89. The first-order valence-electron chi connectivity index (χ1n) is 9.61. The Kier molecular flexibility index (Phi) is 6.17. The molecule has 0 unspecified atom stereocenters. The second-order valence-electron chi connectivity index (χ2n) is 7.22. The Balaban J connectivity index is 1.40. The van der Waals surface area contributed by atoms with Crippen molar-refractivity contribution in [1.29, 1.82) is 0 Å². The molecular weight excluding hydrogens is 462 g/mol. The summed E-state index contributed by atoms with van der Waals surface area (Å²) in [7, 11) is -3.76. The van der Waals surface area contributed by atoms with Crippen molar-refractivity contribution in [2.75, 3.05) is 31.1 Å². The molecule has 0 atom stereocenters. The molecule has 1 aliphatic rings. The smallest absolute Gasteiger partial charge is 0.269 e. The summed E-state index contributed by atoms with van der Waals surface area (Å²) < 4.78 is 53.8. The first-order valence-corrected chi connectivity index (χ1v) is 11.9. The fraction of sp³-hybridized carbons (Fsp3) is 0.250. The summed E-state index contributed by atoms with van der Waals surface area (Å²) in [4.78, 5) is 16.7. The summed E-state index contributed by atoms with van der Waals surface area (Å²) in [5, 5.41) is 13.3. The van der Waals surface area contributed by atoms with Gasteiger partial charge in [0.05, 0.1) is 15.5 Å². The quantitative estimate of drug-likeness (QED) is 0.396. The molecule has 8 nitrogen and oxygen atoms in total. The summed E-state index contributed by atoms with van der Waals surface area (Å²) in [5.74, 6) is -1.28. The minimum absolute atomic E-state index is 0.00964. The molecule has 0 N–H and O–H groups in total. The number of hydrogen-bond donors (Lipinski definition) is 0. The van der Waals surface area contributed by atoms with Crippen LogP contribution in [0.1, 0.15) is 11.3 Å². The molecule has 2 heterocycles. The van der Waals surface area contributed by atoms with Crippen LogP contribution in [0.4, 0.5) is 19.6 Å². The zero-order valence-electron chi connectivity index (χ0n) is 16.6. The molecule has 1 fully saturated rings. The van der Waals surface area contributed by atoms with Gasteiger partial charge < -0.3 is 4.90 Å². The van der Waals surface area contributed by atoms with E-state index in [1.165, 1.54) is 52.0 Å². The maximum absolute atomic E-state index is 13.4. The second kappa shape index (κ2) is 8.88. The first kappa shape index (κ1) is 22.2. The zero-order valence-corrected chi connectivity index (χ0v) is 18.3. The van der Waals surface area contributed by atoms with Crippen LogP contribution in [-0.4, -0.2) is 48.8 Å². The summed E-state index contributed by atoms with van der Waals surface area (Å²) in [6.45, 7) is 1.33. The first-order chi connectivity index (χ1) is 15.2. The zero-order chi connectivity index (χ0) is 22.9. The van der Waals surface area contributed by atoms with E-state index in [0.717, 1.165) is 6.07 Å². The molecule has 168 valence electrons. The number of anilines is 1. The van der Waals surface area contributed by atoms with E-state index in [1.54, 1.807) is 0 Å². The van der Waals surface area contributed by atoms with Gasteiger partial charge in [0.25, 0.3) is 5.69 Å². The number of nitrogens with zero attached hydrogens (tertiary/aromatic N) is 4. The van der Waals surface area contributed by atoms with Gasteiger partial charge in [0, 0.05) is 56.2 Å². The van der Waals surface area contributed by atoms with Crippen molar-refractivity contribution < 1.29 is 22.1 Å². The van der Waals surface area contributed by atoms with Gasteiger partial charge >= 0.3 is 0 Å². The number of thiazole rings is 1. The molecule has 3 aromatic rings. The van der Waals surface area contributed by atoms with Gasteiger partial charge in [-0.15, -0.1) is 11.3 Å². The largest absolute Gasteiger partial charge is 0.345 e. The molecule has 1 aliphatic heterocycles. The lowest BCUT2D eigenvalue weighted by Crippen LogP contribution is -2.48. The third-order valence-corrected chi connectivity index (χ3v) is 7.90. The van der Waals surface area contributed by atoms with E-state index >= 15 is 0 Å². The highest BCUT2D eigenvalue weighted by atomic mass is 32.2. The maximum Gasteiger partial charge on any atom is 0.269 e. The lowest BCUT2D eigenvalue weighted by molar-refractivity contribution is -0.384. The van der Waals surface area contributed by atoms with Crippen molar-refractivity contribution in [3.8, 4) is 0 Å². The Labute approximate surface area is 186 Å². The topological polar surface area (TPSA) is 96.6 Å². The molecule has 0 radical (unpaired) electrons. The Morgan fingerprint density at radius 3 is 2.25 bits per heavy atom. The summed E-state index contributed by atoms with van der Waals surface area (Å²) >= 11 is 1.39. The van der Waals surface area contributed by atoms with Crippen molar-refractivity contribution in [2.24, 2.45) is 0 Å². The van der Waals surface area contributed by atoms with Gasteiger partial charge in [-0.25, -0.2) is 22.2 Å². The standard InChI is InChI=1S/C20H18F2N4O4S2/c21-15-9-14(10-16(22)12-15)11-17-13-31-20(23-17)24-5-7-25(8-6-24)32(29,30)19-3-1-18(2-4-19)26(27)28/h1-4,9-10,12-13H,5-8,11H2. The summed E-state index contributed by atoms with van der Waals surface area (Å²) in [5.41, 5.74) is 0.989. The SMILES string of the molecule is O=[N+]([O-])c1ccc(S(=O)(=O)N2CCN(c3nc(Cc4cc(F)cc(F)c4)cs3)CC2)cc1. The lowest BCUT2D eigenvalue weighted by atomic mass is 10.1. The van der Waals surface area contributed by atoms with E-state index in [1.807, 2.05) is 10.3 Å². The number of hydrogen-bond acceptors (Lipinski definition) is 7. The molecule has 0 aliphatic carbocycles. The lowest BCUT2D eigenvalue weighted by Gasteiger charge is -2.33. The number of non-ortho nitro benzene ring substituents is 1. The van der Waals surface area contributed by atoms with E-state index < -0.39 is 26.6 Å². The highest BCUT2D eigenvalue weighted by Gasteiger charge is 2.29. The molecule has 4 rings (SSSR count). The minimum atomic E-state index is -3.76. The van der Waals surface area contributed by atoms with Gasteiger partial charge in [0.2, 0.25) is 10.0 Å². The number of rotatable bonds is 6. The molecule has 32 heavy (non-hydrogen) atoms. The van der Waals surface area contributed by atoms with Gasteiger partial charge in [-0.1, -0.05) is 0 Å². The molecule has 2 aromatic carbocycles. The average molecular weight is 481 g/mol. The van der Waals surface area contributed by atoms with Crippen LogP contribution in [0, 0.1) is 21.7 Å². The number of sulfonamides is 1. The van der Waals surface area contributed by atoms with Crippen LogP contribution in [0.25, 0.3) is 0 Å². The monoisotopic (exact) mass is 480 g/mol. The third kappa shape index (κ3) is 4.76. The van der Waals surface area contributed by atoms with Crippen LogP contribution in [0.5, 0.6) is 0 Å². The molecular formula is C20H18F2N4O4S2. The Morgan fingerprint density at radius 1 is 1.03 bits per heavy atom. The fourth-order valence-electron chi connectivity index (χ4n) is 3.45. The van der Waals surface area contributed by atoms with Gasteiger partial charge in [0.15, 0.2) is 5.13 Å². The van der Waals surface area contributed by atoms with E-state index in [-0.39, 0.29) is 23.7 Å². The van der Waals surface area contributed by atoms with E-state index in [2.05, 4.69) is 4.98 Å². The maximum atomic E-state index is 13.4. The van der Waals surface area contributed by atoms with Crippen LogP contribution in [-0.2, 0) is 16.4 Å². The van der Waals surface area contributed by atoms with Crippen molar-refractivity contribution in [1.82, 2.24) is 9.29 Å². The van der Waals surface area contributed by atoms with E-state index in [0.29, 0.717) is 35.9 Å². The fourth-order valence-corrected chi connectivity index (χ4v) is 5.75. The van der Waals surface area contributed by atoms with Gasteiger partial charge in [0.1, 0.15) is 11.6 Å². The molecule has 1 aromatic heterocycles. The predicted octanol–water partition coefficient (Wildman–Crippen LogP) is 3.43.